The fourth-order valence-electron chi connectivity index (χ4n) is 5.25. The van der Waals surface area contributed by atoms with Crippen LogP contribution in [0.2, 0.25) is 0 Å². The highest BCUT2D eigenvalue weighted by atomic mass is 19.2. The number of ether oxygens (including phenoxy) is 1. The van der Waals surface area contributed by atoms with Crippen molar-refractivity contribution in [3.05, 3.63) is 71.8 Å². The maximum absolute atomic E-state index is 15.4. The van der Waals surface area contributed by atoms with Gasteiger partial charge in [0.15, 0.2) is 17.3 Å². The number of benzene rings is 2. The van der Waals surface area contributed by atoms with Crippen molar-refractivity contribution in [1.82, 2.24) is 24.6 Å². The molecule has 14 heteroatoms. The van der Waals surface area contributed by atoms with Crippen molar-refractivity contribution >= 4 is 28.7 Å². The van der Waals surface area contributed by atoms with Gasteiger partial charge in [0.05, 0.1) is 11.4 Å². The fourth-order valence-corrected chi connectivity index (χ4v) is 5.25. The standard InChI is InChI=1S/C27H19F5N6O3/c28-16-8-14(41-25-22(31)17(29)9-18(30)23(25)32)3-4-15(16)24-21-26(33)34-11-35-27(21)38(36-24)13-2-1-12(7-13)10-37-19(39)5-6-20(37)40/h3-6,8-9,11-13H,1-2,7,10H2,(H2,33,34,35)/t12-,13-/m0/s1. The first-order valence-electron chi connectivity index (χ1n) is 12.4. The minimum absolute atomic E-state index is 0.0105. The van der Waals surface area contributed by atoms with Crippen LogP contribution >= 0.6 is 0 Å². The van der Waals surface area contributed by atoms with Crippen molar-refractivity contribution in [3.63, 3.8) is 0 Å². The molecule has 9 nitrogen and oxygen atoms in total. The first-order chi connectivity index (χ1) is 19.6. The van der Waals surface area contributed by atoms with Crippen molar-refractivity contribution in [2.45, 2.75) is 25.3 Å². The Hall–Kier alpha value is -4.88. The van der Waals surface area contributed by atoms with E-state index in [9.17, 15) is 27.2 Å². The lowest BCUT2D eigenvalue weighted by Gasteiger charge is -2.19. The first-order valence-corrected chi connectivity index (χ1v) is 12.4. The number of halogens is 5. The maximum atomic E-state index is 15.4. The molecule has 1 fully saturated rings. The van der Waals surface area contributed by atoms with Crippen LogP contribution in [0.25, 0.3) is 22.3 Å². The highest BCUT2D eigenvalue weighted by molar-refractivity contribution is 6.12. The van der Waals surface area contributed by atoms with Crippen LogP contribution < -0.4 is 10.5 Å². The SMILES string of the molecule is Nc1ncnc2c1c(-c1ccc(Oc3c(F)c(F)cc(F)c3F)cc1F)nn2[C@H]1CC[C@H](CN2C(=O)C=CC2=O)C1. The molecular formula is C27H19F5N6O3. The summed E-state index contributed by atoms with van der Waals surface area (Å²) >= 11 is 0. The Labute approximate surface area is 228 Å². The highest BCUT2D eigenvalue weighted by Gasteiger charge is 2.34. The van der Waals surface area contributed by atoms with Gasteiger partial charge in [-0.25, -0.2) is 27.8 Å². The van der Waals surface area contributed by atoms with Crippen molar-refractivity contribution in [2.75, 3.05) is 12.3 Å². The fraction of sp³-hybridized carbons (Fsp3) is 0.222. The zero-order chi connectivity index (χ0) is 29.0. The Morgan fingerprint density at radius 2 is 1.63 bits per heavy atom. The summed E-state index contributed by atoms with van der Waals surface area (Å²) in [7, 11) is 0. The lowest BCUT2D eigenvalue weighted by Crippen LogP contribution is -2.34. The molecule has 0 spiro atoms. The van der Waals surface area contributed by atoms with E-state index in [1.54, 1.807) is 4.68 Å². The summed E-state index contributed by atoms with van der Waals surface area (Å²) in [6.07, 6.45) is 5.62. The number of aromatic nitrogens is 4. The third-order valence-corrected chi connectivity index (χ3v) is 7.21. The van der Waals surface area contributed by atoms with E-state index in [1.165, 1.54) is 29.4 Å². The van der Waals surface area contributed by atoms with E-state index in [0.29, 0.717) is 24.9 Å². The molecule has 2 aromatic carbocycles. The highest BCUT2D eigenvalue weighted by Crippen LogP contribution is 2.41. The quantitative estimate of drug-likeness (QED) is 0.201. The Bertz CT molecular complexity index is 1730. The van der Waals surface area contributed by atoms with Crippen molar-refractivity contribution in [3.8, 4) is 22.8 Å². The maximum Gasteiger partial charge on any atom is 0.253 e. The van der Waals surface area contributed by atoms with Gasteiger partial charge in [0, 0.05) is 36.4 Å². The number of carbonyl (C=O) groups is 2. The number of fused-ring (bicyclic) bond motifs is 1. The molecule has 1 aliphatic heterocycles. The Kier molecular flexibility index (Phi) is 6.39. The number of carbonyl (C=O) groups excluding carboxylic acids is 2. The van der Waals surface area contributed by atoms with E-state index in [1.807, 2.05) is 0 Å². The first kappa shape index (κ1) is 26.3. The number of rotatable bonds is 6. The van der Waals surface area contributed by atoms with E-state index in [2.05, 4.69) is 15.1 Å². The van der Waals surface area contributed by atoms with Crippen LogP contribution in [0.15, 0.2) is 42.7 Å². The number of nitrogens with two attached hydrogens (primary N) is 1. The number of amides is 2. The number of nitrogens with zero attached hydrogens (tertiary/aromatic N) is 5. The second-order valence-electron chi connectivity index (χ2n) is 9.75. The van der Waals surface area contributed by atoms with Gasteiger partial charge in [0.25, 0.3) is 11.8 Å². The third kappa shape index (κ3) is 4.54. The zero-order valence-corrected chi connectivity index (χ0v) is 21.0. The predicted molar refractivity (Wildman–Crippen MR) is 134 cm³/mol. The van der Waals surface area contributed by atoms with Crippen molar-refractivity contribution < 1.29 is 36.3 Å². The summed E-state index contributed by atoms with van der Waals surface area (Å²) in [4.78, 5) is 33.4. The van der Waals surface area contributed by atoms with E-state index < -0.39 is 40.6 Å². The van der Waals surface area contributed by atoms with Crippen LogP contribution in [-0.4, -0.2) is 43.0 Å². The third-order valence-electron chi connectivity index (χ3n) is 7.21. The molecule has 0 bridgehead atoms. The molecule has 210 valence electrons. The number of hydrogen-bond acceptors (Lipinski definition) is 7. The van der Waals surface area contributed by atoms with Crippen LogP contribution in [0, 0.1) is 35.0 Å². The Balaban J connectivity index is 1.31. The molecule has 41 heavy (non-hydrogen) atoms. The average molecular weight is 570 g/mol. The molecule has 4 aromatic rings. The molecule has 2 aliphatic rings. The van der Waals surface area contributed by atoms with E-state index >= 15 is 4.39 Å². The summed E-state index contributed by atoms with van der Waals surface area (Å²) < 4.78 is 77.1. The largest absolute Gasteiger partial charge is 0.451 e. The molecule has 0 unspecified atom stereocenters. The van der Waals surface area contributed by atoms with Crippen molar-refractivity contribution in [1.29, 1.82) is 0 Å². The van der Waals surface area contributed by atoms with E-state index in [4.69, 9.17) is 10.5 Å². The van der Waals surface area contributed by atoms with Gasteiger partial charge in [-0.15, -0.1) is 0 Å². The van der Waals surface area contributed by atoms with E-state index in [-0.39, 0.29) is 58.8 Å². The molecule has 0 radical (unpaired) electrons. The van der Waals surface area contributed by atoms with Crippen LogP contribution in [0.1, 0.15) is 25.3 Å². The van der Waals surface area contributed by atoms with Gasteiger partial charge in [0.1, 0.15) is 29.4 Å². The van der Waals surface area contributed by atoms with Crippen LogP contribution in [0.4, 0.5) is 27.8 Å². The van der Waals surface area contributed by atoms with Gasteiger partial charge in [-0.2, -0.15) is 13.9 Å². The van der Waals surface area contributed by atoms with Gasteiger partial charge >= 0.3 is 0 Å². The molecule has 2 aromatic heterocycles. The summed E-state index contributed by atoms with van der Waals surface area (Å²) in [6.45, 7) is 0.261. The van der Waals surface area contributed by atoms with Gasteiger partial charge < -0.3 is 10.5 Å². The summed E-state index contributed by atoms with van der Waals surface area (Å²) in [5.74, 6) is -10.3. The monoisotopic (exact) mass is 570 g/mol. The molecule has 1 aliphatic carbocycles. The number of nitrogen functional groups attached to an aromatic ring is 1. The molecule has 3 heterocycles. The Morgan fingerprint density at radius 1 is 0.927 bits per heavy atom. The molecule has 1 saturated carbocycles. The van der Waals surface area contributed by atoms with E-state index in [0.717, 1.165) is 12.1 Å². The molecule has 0 saturated heterocycles. The Morgan fingerprint density at radius 3 is 2.32 bits per heavy atom. The van der Waals surface area contributed by atoms with Gasteiger partial charge in [-0.3, -0.25) is 14.5 Å². The van der Waals surface area contributed by atoms with Crippen LogP contribution in [0.3, 0.4) is 0 Å². The smallest absolute Gasteiger partial charge is 0.253 e. The summed E-state index contributed by atoms with van der Waals surface area (Å²) in [6, 6.07) is 2.97. The van der Waals surface area contributed by atoms with Crippen LogP contribution in [0.5, 0.6) is 11.5 Å². The summed E-state index contributed by atoms with van der Waals surface area (Å²) in [5, 5.41) is 4.86. The number of anilines is 1. The molecule has 2 amide bonds. The molecule has 2 N–H and O–H groups in total. The van der Waals surface area contributed by atoms with Gasteiger partial charge in [-0.05, 0) is 37.3 Å². The zero-order valence-electron chi connectivity index (χ0n) is 21.0. The van der Waals surface area contributed by atoms with Gasteiger partial charge in [-0.1, -0.05) is 0 Å². The minimum Gasteiger partial charge on any atom is -0.451 e. The van der Waals surface area contributed by atoms with Crippen molar-refractivity contribution in [2.24, 2.45) is 5.92 Å². The summed E-state index contributed by atoms with van der Waals surface area (Å²) in [5.41, 5.74) is 6.49. The normalized spacial score (nSPS) is 18.7. The number of hydrogen-bond donors (Lipinski definition) is 1. The molecule has 6 rings (SSSR count). The molecule has 2 atom stereocenters. The second-order valence-corrected chi connectivity index (χ2v) is 9.75. The lowest BCUT2D eigenvalue weighted by molar-refractivity contribution is -0.137. The predicted octanol–water partition coefficient (Wildman–Crippen LogP) is 4.83. The molecular weight excluding hydrogens is 551 g/mol. The minimum atomic E-state index is -1.77. The second kappa shape index (κ2) is 9.94. The number of imide groups is 1. The topological polar surface area (TPSA) is 116 Å². The van der Waals surface area contributed by atoms with Gasteiger partial charge in [0.2, 0.25) is 17.4 Å². The lowest BCUT2D eigenvalue weighted by atomic mass is 10.1. The average Bonchev–Trinajstić information content (AvgIpc) is 3.65. The van der Waals surface area contributed by atoms with Crippen LogP contribution in [-0.2, 0) is 9.59 Å².